The van der Waals surface area contributed by atoms with E-state index in [1.54, 1.807) is 4.68 Å². The zero-order valence-electron chi connectivity index (χ0n) is 16.6. The molecule has 0 aliphatic rings. The van der Waals surface area contributed by atoms with Crippen molar-refractivity contribution < 1.29 is 18.0 Å². The van der Waals surface area contributed by atoms with Gasteiger partial charge in [-0.05, 0) is 48.9 Å². The van der Waals surface area contributed by atoms with Gasteiger partial charge in [-0.3, -0.25) is 9.59 Å². The van der Waals surface area contributed by atoms with E-state index in [9.17, 15) is 22.8 Å². The molecule has 0 atom stereocenters. The van der Waals surface area contributed by atoms with E-state index in [1.807, 2.05) is 31.2 Å². The summed E-state index contributed by atoms with van der Waals surface area (Å²) in [5.41, 5.74) is 1.16. The van der Waals surface area contributed by atoms with Gasteiger partial charge in [-0.15, -0.1) is 0 Å². The molecule has 1 amide bonds. The molecular formula is C21H16F3N5O2S. The van der Waals surface area contributed by atoms with E-state index < -0.39 is 17.6 Å². The molecule has 32 heavy (non-hydrogen) atoms. The minimum absolute atomic E-state index is 0.103. The number of nitrogens with zero attached hydrogens (tertiary/aromatic N) is 3. The molecule has 2 aromatic carbocycles. The Morgan fingerprint density at radius 2 is 1.94 bits per heavy atom. The first kappa shape index (κ1) is 21.6. The molecule has 0 saturated carbocycles. The van der Waals surface area contributed by atoms with E-state index in [4.69, 9.17) is 0 Å². The van der Waals surface area contributed by atoms with Crippen LogP contribution in [0.15, 0.2) is 64.7 Å². The van der Waals surface area contributed by atoms with Crippen molar-refractivity contribution in [2.24, 2.45) is 0 Å². The molecule has 0 spiro atoms. The molecule has 0 aliphatic heterocycles. The number of carbonyl (C=O) groups is 1. The third kappa shape index (κ3) is 4.67. The summed E-state index contributed by atoms with van der Waals surface area (Å²) in [5, 5.41) is 7.30. The van der Waals surface area contributed by atoms with Crippen molar-refractivity contribution in [3.63, 3.8) is 0 Å². The van der Waals surface area contributed by atoms with Crippen LogP contribution in [-0.2, 0) is 11.0 Å². The number of hydrogen-bond donors (Lipinski definition) is 2. The molecule has 0 saturated heterocycles. The van der Waals surface area contributed by atoms with Crippen LogP contribution in [0, 0.1) is 6.92 Å². The van der Waals surface area contributed by atoms with Crippen molar-refractivity contribution in [1.29, 1.82) is 0 Å². The highest BCUT2D eigenvalue weighted by Gasteiger charge is 2.30. The summed E-state index contributed by atoms with van der Waals surface area (Å²) in [4.78, 5) is 31.6. The van der Waals surface area contributed by atoms with E-state index in [1.165, 1.54) is 18.3 Å². The van der Waals surface area contributed by atoms with Gasteiger partial charge in [0.25, 0.3) is 5.56 Å². The van der Waals surface area contributed by atoms with E-state index in [2.05, 4.69) is 20.4 Å². The normalized spacial score (nSPS) is 11.6. The summed E-state index contributed by atoms with van der Waals surface area (Å²) in [6, 6.07) is 11.7. The van der Waals surface area contributed by atoms with Crippen LogP contribution in [0.25, 0.3) is 16.7 Å². The number of carbonyl (C=O) groups excluding carboxylic acids is 1. The highest BCUT2D eigenvalue weighted by atomic mass is 32.2. The smallest absolute Gasteiger partial charge is 0.325 e. The number of hydrogen-bond acceptors (Lipinski definition) is 5. The predicted octanol–water partition coefficient (Wildman–Crippen LogP) is 4.17. The van der Waals surface area contributed by atoms with Crippen molar-refractivity contribution >= 4 is 34.4 Å². The van der Waals surface area contributed by atoms with Crippen LogP contribution >= 0.6 is 11.8 Å². The van der Waals surface area contributed by atoms with Gasteiger partial charge in [0, 0.05) is 5.69 Å². The number of rotatable bonds is 5. The van der Waals surface area contributed by atoms with E-state index in [0.717, 1.165) is 35.1 Å². The van der Waals surface area contributed by atoms with Gasteiger partial charge in [-0.2, -0.15) is 18.3 Å². The maximum Gasteiger partial charge on any atom is 0.416 e. The van der Waals surface area contributed by atoms with Crippen molar-refractivity contribution in [2.75, 3.05) is 11.1 Å². The summed E-state index contributed by atoms with van der Waals surface area (Å²) < 4.78 is 39.4. The molecule has 0 unspecified atom stereocenters. The average Bonchev–Trinajstić information content (AvgIpc) is 3.17. The van der Waals surface area contributed by atoms with Crippen LogP contribution in [0.1, 0.15) is 11.1 Å². The second-order valence-electron chi connectivity index (χ2n) is 6.92. The van der Waals surface area contributed by atoms with E-state index in [0.29, 0.717) is 11.0 Å². The first-order valence-electron chi connectivity index (χ1n) is 9.36. The van der Waals surface area contributed by atoms with Gasteiger partial charge < -0.3 is 10.3 Å². The molecule has 0 aliphatic carbocycles. The topological polar surface area (TPSA) is 92.7 Å². The summed E-state index contributed by atoms with van der Waals surface area (Å²) in [7, 11) is 0. The zero-order valence-corrected chi connectivity index (χ0v) is 17.4. The molecule has 2 N–H and O–H groups in total. The summed E-state index contributed by atoms with van der Waals surface area (Å²) in [6.07, 6.45) is -3.02. The minimum atomic E-state index is -4.44. The predicted molar refractivity (Wildman–Crippen MR) is 115 cm³/mol. The number of amides is 1. The lowest BCUT2D eigenvalue weighted by Gasteiger charge is -2.09. The molecular weight excluding hydrogens is 443 g/mol. The Kier molecular flexibility index (Phi) is 5.74. The van der Waals surface area contributed by atoms with Gasteiger partial charge in [0.2, 0.25) is 5.91 Å². The maximum absolute atomic E-state index is 12.6. The number of aryl methyl sites for hydroxylation is 1. The van der Waals surface area contributed by atoms with E-state index in [-0.39, 0.29) is 22.2 Å². The Hall–Kier alpha value is -3.60. The zero-order chi connectivity index (χ0) is 22.9. The molecule has 2 aromatic heterocycles. The Morgan fingerprint density at radius 3 is 2.62 bits per heavy atom. The third-order valence-corrected chi connectivity index (χ3v) is 5.37. The molecule has 11 heteroatoms. The van der Waals surface area contributed by atoms with Crippen molar-refractivity contribution in [1.82, 2.24) is 19.7 Å². The Morgan fingerprint density at radius 1 is 1.19 bits per heavy atom. The fourth-order valence-electron chi connectivity index (χ4n) is 2.99. The van der Waals surface area contributed by atoms with Gasteiger partial charge in [0.05, 0.1) is 23.2 Å². The molecule has 7 nitrogen and oxygen atoms in total. The monoisotopic (exact) mass is 459 g/mol. The highest BCUT2D eigenvalue weighted by Crippen LogP contribution is 2.29. The van der Waals surface area contributed by atoms with E-state index >= 15 is 0 Å². The molecule has 4 rings (SSSR count). The molecule has 4 aromatic rings. The number of anilines is 1. The molecule has 0 fully saturated rings. The fraction of sp³-hybridized carbons (Fsp3) is 0.143. The Bertz CT molecular complexity index is 1350. The van der Waals surface area contributed by atoms with Gasteiger partial charge in [0.1, 0.15) is 5.39 Å². The lowest BCUT2D eigenvalue weighted by molar-refractivity contribution is -0.137. The van der Waals surface area contributed by atoms with Crippen molar-refractivity contribution in [3.05, 3.63) is 76.2 Å². The van der Waals surface area contributed by atoms with Crippen LogP contribution in [0.5, 0.6) is 0 Å². The first-order chi connectivity index (χ1) is 15.2. The second-order valence-corrected chi connectivity index (χ2v) is 7.88. The van der Waals surface area contributed by atoms with Crippen LogP contribution in [0.4, 0.5) is 18.9 Å². The largest absolute Gasteiger partial charge is 0.416 e. The van der Waals surface area contributed by atoms with Crippen LogP contribution in [0.2, 0.25) is 0 Å². The van der Waals surface area contributed by atoms with Gasteiger partial charge >= 0.3 is 6.18 Å². The number of thioether (sulfide) groups is 1. The number of nitrogens with one attached hydrogen (secondary N) is 2. The number of aromatic amines is 1. The Balaban J connectivity index is 1.49. The third-order valence-electron chi connectivity index (χ3n) is 4.50. The lowest BCUT2D eigenvalue weighted by Crippen LogP contribution is -2.16. The molecule has 0 bridgehead atoms. The summed E-state index contributed by atoms with van der Waals surface area (Å²) >= 11 is 0.995. The summed E-state index contributed by atoms with van der Waals surface area (Å²) in [6.45, 7) is 1.94. The number of benzene rings is 2. The number of H-pyrrole nitrogens is 1. The standard InChI is InChI=1S/C21H16F3N5O2S/c1-12-3-2-4-15(9-12)29-18-16(10-25-29)19(31)28-20(27-18)32-11-17(30)26-14-7-5-13(6-8-14)21(22,23)24/h2-10H,11H2,1H3,(H,26,30)(H,27,28,31). The lowest BCUT2D eigenvalue weighted by atomic mass is 10.2. The SMILES string of the molecule is Cc1cccc(-n2ncc3c(=O)[nH]c(SCC(=O)Nc4ccc(C(F)(F)F)cc4)nc32)c1. The van der Waals surface area contributed by atoms with Gasteiger partial charge in [-0.25, -0.2) is 9.67 Å². The average molecular weight is 459 g/mol. The number of aromatic nitrogens is 4. The first-order valence-corrected chi connectivity index (χ1v) is 10.3. The highest BCUT2D eigenvalue weighted by molar-refractivity contribution is 7.99. The van der Waals surface area contributed by atoms with Crippen molar-refractivity contribution in [3.8, 4) is 5.69 Å². The number of fused-ring (bicyclic) bond motifs is 1. The molecule has 0 radical (unpaired) electrons. The second kappa shape index (κ2) is 8.50. The molecule has 164 valence electrons. The maximum atomic E-state index is 12.6. The van der Waals surface area contributed by atoms with Crippen LogP contribution in [-0.4, -0.2) is 31.4 Å². The summed E-state index contributed by atoms with van der Waals surface area (Å²) in [5.74, 6) is -0.557. The number of halogens is 3. The number of alkyl halides is 3. The molecule has 2 heterocycles. The van der Waals surface area contributed by atoms with Crippen LogP contribution in [0.3, 0.4) is 0 Å². The fourth-order valence-corrected chi connectivity index (χ4v) is 3.64. The Labute approximate surface area is 183 Å². The van der Waals surface area contributed by atoms with Gasteiger partial charge in [0.15, 0.2) is 10.8 Å². The quantitative estimate of drug-likeness (QED) is 0.345. The van der Waals surface area contributed by atoms with Crippen molar-refractivity contribution in [2.45, 2.75) is 18.3 Å². The van der Waals surface area contributed by atoms with Crippen LogP contribution < -0.4 is 10.9 Å². The minimum Gasteiger partial charge on any atom is -0.325 e. The van der Waals surface area contributed by atoms with Gasteiger partial charge in [-0.1, -0.05) is 23.9 Å².